The van der Waals surface area contributed by atoms with E-state index in [0.29, 0.717) is 10.0 Å². The van der Waals surface area contributed by atoms with Crippen LogP contribution in [0.1, 0.15) is 5.56 Å². The lowest BCUT2D eigenvalue weighted by Crippen LogP contribution is -1.93. The SMILES string of the molecule is Cc1ccccc1-c1nnc2sc(-c3ccc(Cl)c(Cl)c3)nn12. The van der Waals surface area contributed by atoms with Crippen molar-refractivity contribution in [1.82, 2.24) is 19.8 Å². The van der Waals surface area contributed by atoms with Gasteiger partial charge < -0.3 is 0 Å². The van der Waals surface area contributed by atoms with Crippen molar-refractivity contribution in [3.8, 4) is 22.0 Å². The molecule has 114 valence electrons. The smallest absolute Gasteiger partial charge is 0.182 e. The molecule has 0 radical (unpaired) electrons. The Balaban J connectivity index is 1.86. The van der Waals surface area contributed by atoms with Crippen molar-refractivity contribution in [2.75, 3.05) is 0 Å². The number of halogens is 2. The fourth-order valence-electron chi connectivity index (χ4n) is 2.35. The van der Waals surface area contributed by atoms with E-state index < -0.39 is 0 Å². The molecular formula is C16H10Cl2N4S. The molecule has 0 atom stereocenters. The topological polar surface area (TPSA) is 43.1 Å². The number of hydrogen-bond acceptors (Lipinski definition) is 4. The van der Waals surface area contributed by atoms with Gasteiger partial charge in [-0.2, -0.15) is 9.61 Å². The molecule has 0 aliphatic carbocycles. The van der Waals surface area contributed by atoms with E-state index in [1.54, 1.807) is 10.6 Å². The minimum absolute atomic E-state index is 0.509. The molecule has 0 saturated carbocycles. The van der Waals surface area contributed by atoms with Crippen LogP contribution in [0, 0.1) is 6.92 Å². The molecule has 4 aromatic rings. The Morgan fingerprint density at radius 1 is 1.00 bits per heavy atom. The van der Waals surface area contributed by atoms with E-state index in [1.807, 2.05) is 43.3 Å². The van der Waals surface area contributed by atoms with Crippen LogP contribution in [-0.2, 0) is 0 Å². The van der Waals surface area contributed by atoms with Crippen molar-refractivity contribution in [3.05, 3.63) is 58.1 Å². The van der Waals surface area contributed by atoms with Crippen molar-refractivity contribution in [2.24, 2.45) is 0 Å². The number of rotatable bonds is 2. The zero-order valence-electron chi connectivity index (χ0n) is 12.0. The van der Waals surface area contributed by atoms with Crippen LogP contribution < -0.4 is 0 Å². The molecule has 23 heavy (non-hydrogen) atoms. The van der Waals surface area contributed by atoms with Gasteiger partial charge in [0.25, 0.3) is 0 Å². The Morgan fingerprint density at radius 2 is 1.83 bits per heavy atom. The van der Waals surface area contributed by atoms with Gasteiger partial charge in [0, 0.05) is 11.1 Å². The van der Waals surface area contributed by atoms with E-state index in [-0.39, 0.29) is 0 Å². The van der Waals surface area contributed by atoms with Crippen molar-refractivity contribution >= 4 is 39.5 Å². The van der Waals surface area contributed by atoms with Gasteiger partial charge in [0.2, 0.25) is 4.96 Å². The lowest BCUT2D eigenvalue weighted by atomic mass is 10.1. The third-order valence-corrected chi connectivity index (χ3v) is 5.23. The van der Waals surface area contributed by atoms with E-state index in [2.05, 4.69) is 15.3 Å². The highest BCUT2D eigenvalue weighted by Gasteiger charge is 2.16. The standard InChI is InChI=1S/C16H10Cl2N4S/c1-9-4-2-3-5-11(9)14-19-20-16-22(14)21-15(23-16)10-6-7-12(17)13(18)8-10/h2-8H,1H3. The summed E-state index contributed by atoms with van der Waals surface area (Å²) in [5.41, 5.74) is 3.06. The summed E-state index contributed by atoms with van der Waals surface area (Å²) in [5.74, 6) is 0.737. The molecule has 4 rings (SSSR count). The van der Waals surface area contributed by atoms with Crippen LogP contribution in [-0.4, -0.2) is 19.8 Å². The highest BCUT2D eigenvalue weighted by molar-refractivity contribution is 7.19. The van der Waals surface area contributed by atoms with Gasteiger partial charge in [0.1, 0.15) is 5.01 Å². The van der Waals surface area contributed by atoms with Gasteiger partial charge in [0.15, 0.2) is 5.82 Å². The monoisotopic (exact) mass is 360 g/mol. The summed E-state index contributed by atoms with van der Waals surface area (Å²) in [6, 6.07) is 13.5. The summed E-state index contributed by atoms with van der Waals surface area (Å²) in [6.07, 6.45) is 0. The normalized spacial score (nSPS) is 11.3. The summed E-state index contributed by atoms with van der Waals surface area (Å²) in [5, 5.41) is 15.0. The molecule has 0 spiro atoms. The van der Waals surface area contributed by atoms with Gasteiger partial charge in [-0.05, 0) is 24.6 Å². The number of nitrogens with zero attached hydrogens (tertiary/aromatic N) is 4. The van der Waals surface area contributed by atoms with Crippen molar-refractivity contribution in [1.29, 1.82) is 0 Å². The fraction of sp³-hybridized carbons (Fsp3) is 0.0625. The van der Waals surface area contributed by atoms with Gasteiger partial charge in [-0.25, -0.2) is 0 Å². The number of hydrogen-bond donors (Lipinski definition) is 0. The van der Waals surface area contributed by atoms with Crippen LogP contribution in [0.5, 0.6) is 0 Å². The van der Waals surface area contributed by atoms with E-state index in [1.165, 1.54) is 11.3 Å². The average molecular weight is 361 g/mol. The molecule has 0 amide bonds. The summed E-state index contributed by atoms with van der Waals surface area (Å²) in [6.45, 7) is 2.04. The van der Waals surface area contributed by atoms with E-state index >= 15 is 0 Å². The third kappa shape index (κ3) is 2.51. The zero-order valence-corrected chi connectivity index (χ0v) is 14.3. The summed E-state index contributed by atoms with van der Waals surface area (Å²) < 4.78 is 1.77. The molecule has 0 bridgehead atoms. The maximum Gasteiger partial charge on any atom is 0.235 e. The van der Waals surface area contributed by atoms with Crippen molar-refractivity contribution < 1.29 is 0 Å². The fourth-order valence-corrected chi connectivity index (χ4v) is 3.49. The van der Waals surface area contributed by atoms with Gasteiger partial charge in [-0.15, -0.1) is 10.2 Å². The van der Waals surface area contributed by atoms with E-state index in [4.69, 9.17) is 23.2 Å². The maximum absolute atomic E-state index is 6.09. The minimum Gasteiger partial charge on any atom is -0.182 e. The second kappa shape index (κ2) is 5.60. The number of aromatic nitrogens is 4. The first kappa shape index (κ1) is 14.6. The molecule has 2 heterocycles. The largest absolute Gasteiger partial charge is 0.235 e. The Morgan fingerprint density at radius 3 is 2.61 bits per heavy atom. The molecule has 0 aliphatic heterocycles. The first-order chi connectivity index (χ1) is 11.1. The first-order valence-corrected chi connectivity index (χ1v) is 8.44. The Kier molecular flexibility index (Phi) is 3.56. The molecule has 7 heteroatoms. The molecule has 0 N–H and O–H groups in total. The van der Waals surface area contributed by atoms with Crippen LogP contribution in [0.15, 0.2) is 42.5 Å². The second-order valence-corrected chi connectivity index (χ2v) is 6.84. The van der Waals surface area contributed by atoms with Gasteiger partial charge >= 0.3 is 0 Å². The van der Waals surface area contributed by atoms with Crippen molar-refractivity contribution in [3.63, 3.8) is 0 Å². The minimum atomic E-state index is 0.509. The lowest BCUT2D eigenvalue weighted by molar-refractivity contribution is 0.969. The van der Waals surface area contributed by atoms with Crippen LogP contribution >= 0.6 is 34.5 Å². The Bertz CT molecular complexity index is 1020. The number of fused-ring (bicyclic) bond motifs is 1. The molecule has 2 aromatic carbocycles. The highest BCUT2D eigenvalue weighted by Crippen LogP contribution is 2.32. The van der Waals surface area contributed by atoms with Crippen LogP contribution in [0.2, 0.25) is 10.0 Å². The predicted molar refractivity (Wildman–Crippen MR) is 94.3 cm³/mol. The first-order valence-electron chi connectivity index (χ1n) is 6.87. The Labute approximate surface area is 146 Å². The van der Waals surface area contributed by atoms with Gasteiger partial charge in [0.05, 0.1) is 10.0 Å². The predicted octanol–water partition coefficient (Wildman–Crippen LogP) is 5.14. The average Bonchev–Trinajstić information content (AvgIpc) is 3.11. The lowest BCUT2D eigenvalue weighted by Gasteiger charge is -2.01. The number of aryl methyl sites for hydroxylation is 1. The third-order valence-electron chi connectivity index (χ3n) is 3.54. The maximum atomic E-state index is 6.09. The zero-order chi connectivity index (χ0) is 16.0. The van der Waals surface area contributed by atoms with Gasteiger partial charge in [-0.3, -0.25) is 0 Å². The van der Waals surface area contributed by atoms with E-state index in [0.717, 1.165) is 32.5 Å². The van der Waals surface area contributed by atoms with Gasteiger partial charge in [-0.1, -0.05) is 64.9 Å². The highest BCUT2D eigenvalue weighted by atomic mass is 35.5. The molecule has 2 aromatic heterocycles. The number of benzene rings is 2. The summed E-state index contributed by atoms with van der Waals surface area (Å²) >= 11 is 13.5. The molecule has 4 nitrogen and oxygen atoms in total. The Hall–Kier alpha value is -1.95. The van der Waals surface area contributed by atoms with Crippen LogP contribution in [0.25, 0.3) is 26.9 Å². The molecule has 0 unspecified atom stereocenters. The molecule has 0 saturated heterocycles. The second-order valence-electron chi connectivity index (χ2n) is 5.07. The molecule has 0 aliphatic rings. The molecule has 0 fully saturated rings. The molecular weight excluding hydrogens is 351 g/mol. The quantitative estimate of drug-likeness (QED) is 0.497. The van der Waals surface area contributed by atoms with Crippen LogP contribution in [0.4, 0.5) is 0 Å². The van der Waals surface area contributed by atoms with Crippen molar-refractivity contribution in [2.45, 2.75) is 6.92 Å². The summed E-state index contributed by atoms with van der Waals surface area (Å²) in [4.78, 5) is 0.740. The van der Waals surface area contributed by atoms with E-state index in [9.17, 15) is 0 Å². The van der Waals surface area contributed by atoms with Crippen LogP contribution in [0.3, 0.4) is 0 Å². The summed E-state index contributed by atoms with van der Waals surface area (Å²) in [7, 11) is 0.